The number of aliphatic hydroxyl groups is 1. The van der Waals surface area contributed by atoms with Crippen LogP contribution in [0.25, 0.3) is 15.8 Å². The van der Waals surface area contributed by atoms with E-state index in [1.54, 1.807) is 0 Å². The molecule has 2 amide bonds. The molecule has 0 aliphatic carbocycles. The van der Waals surface area contributed by atoms with E-state index in [-0.39, 0.29) is 36.3 Å². The number of benzene rings is 6. The Morgan fingerprint density at radius 2 is 0.798 bits per heavy atom. The van der Waals surface area contributed by atoms with E-state index in [0.717, 1.165) is 77.0 Å². The van der Waals surface area contributed by atoms with Gasteiger partial charge in [0.15, 0.2) is 0 Å². The molecule has 12 nitrogen and oxygen atoms in total. The molecule has 104 heavy (non-hydrogen) atoms. The molecule has 12 rings (SSSR count). The van der Waals surface area contributed by atoms with Gasteiger partial charge in [-0.05, 0) is 243 Å². The van der Waals surface area contributed by atoms with Gasteiger partial charge in [-0.25, -0.2) is 23.4 Å². The van der Waals surface area contributed by atoms with E-state index in [9.17, 15) is 14.7 Å². The first-order chi connectivity index (χ1) is 50.3. The standard InChI is InChI=1S/C16H22N2.C16H25NO.C15H20N2.C15H23NO.C15H21NO.C15H19NO/c1-13-12-15(16(17-2)18(13)3)11-7-10-14-8-5-4-6-9-14;1-13-12-15(16(18-3)17(13)2)11-7-10-14-8-5-4-6-9-14;1-12-11-14(15(16-2)17-12)10-6-9-13-7-4-3-5-8-13;3*1-12-11-14(15(17)16(12)2)10-6-9-13-7-4-3-5-8-13/h4-6,8-9,13,15-16H,7,10-12H2,1,3H3;4-6,8-9,13,15-16H,7,10-12H2,1-3H3;3-5,7-8,12,14-15,17H,6,9-11H2,1H3;3-5,7-8,12,14-15,17H,6,9-11H2,1-2H3;3-5,7-8,12,14H,6,9-11H2,1-2H3;3-9,12,14H,10-11H2,1-2H3/b;;;;;9-6+/t2*13-,15-,16?;2*12-,14-,15?;2*12-,14-/m111111/s1. The average molecular weight is 1410 g/mol. The molecule has 6 aromatic carbocycles. The lowest BCUT2D eigenvalue weighted by Crippen LogP contribution is -2.34. The van der Waals surface area contributed by atoms with E-state index in [2.05, 4.69) is 255 Å². The van der Waals surface area contributed by atoms with Crippen molar-refractivity contribution < 1.29 is 19.4 Å². The number of allylic oxidation sites excluding steroid dienone is 1. The molecule has 2 N–H and O–H groups in total. The first-order valence-corrected chi connectivity index (χ1v) is 39.6. The van der Waals surface area contributed by atoms with Gasteiger partial charge < -0.3 is 19.6 Å². The SMILES string of the molecule is COC1[C@H](CCCc2ccccc2)C[C@@H](C)N1C.C[C@@H]1C[C@@H](C/C=C/c2ccccc2)C(=O)N1C.C[C@@H]1C[C@@H](CCCc2ccccc2)C(=O)N1C.C[C@@H]1C[C@@H](CCCc2ccccc2)C(O)N1C.[C-]#[N+]C1N[C@H](C)C[C@H]1CCCc1ccccc1.[C-]#[N+]C1[C@H](CCCc2ccccc2)C[C@@H](C)N1C. The number of carbonyl (C=O) groups excluding carboxylic acids is 2. The van der Waals surface area contributed by atoms with E-state index < -0.39 is 0 Å². The Morgan fingerprint density at radius 3 is 1.19 bits per heavy atom. The van der Waals surface area contributed by atoms with Crippen LogP contribution in [0.1, 0.15) is 184 Å². The Kier molecular flexibility index (Phi) is 36.6. The molecule has 6 aliphatic heterocycles. The highest BCUT2D eigenvalue weighted by Crippen LogP contribution is 2.36. The fourth-order valence-electron chi connectivity index (χ4n) is 16.6. The lowest BCUT2D eigenvalue weighted by Gasteiger charge is -2.24. The molecule has 0 aromatic heterocycles. The van der Waals surface area contributed by atoms with Gasteiger partial charge in [-0.3, -0.25) is 29.1 Å². The number of methoxy groups -OCH3 is 1. The lowest BCUT2D eigenvalue weighted by molar-refractivity contribution is -0.131. The quantitative estimate of drug-likeness (QED) is 0.0578. The number of likely N-dealkylation sites (tertiary alicyclic amines) is 5. The summed E-state index contributed by atoms with van der Waals surface area (Å²) in [6.45, 7) is 27.7. The van der Waals surface area contributed by atoms with Crippen LogP contribution in [0.5, 0.6) is 0 Å². The van der Waals surface area contributed by atoms with Crippen LogP contribution >= 0.6 is 0 Å². The third-order valence-corrected chi connectivity index (χ3v) is 23.5. The number of rotatable bonds is 24. The second-order valence-electron chi connectivity index (χ2n) is 31.2. The molecule has 4 unspecified atom stereocenters. The minimum absolute atomic E-state index is 0.0563. The van der Waals surface area contributed by atoms with Crippen molar-refractivity contribution >= 4 is 17.9 Å². The summed E-state index contributed by atoms with van der Waals surface area (Å²) in [6, 6.07) is 66.4. The normalized spacial score (nSPS) is 27.3. The second kappa shape index (κ2) is 45.3. The molecule has 0 bridgehead atoms. The Hall–Kier alpha value is -7.26. The lowest BCUT2D eigenvalue weighted by atomic mass is 9.95. The van der Waals surface area contributed by atoms with Crippen molar-refractivity contribution in [1.29, 1.82) is 0 Å². The number of aliphatic hydroxyl groups excluding tert-OH is 1. The predicted octanol–water partition coefficient (Wildman–Crippen LogP) is 18.7. The summed E-state index contributed by atoms with van der Waals surface area (Å²) in [4.78, 5) is 41.7. The monoisotopic (exact) mass is 1410 g/mol. The van der Waals surface area contributed by atoms with E-state index in [4.69, 9.17) is 17.9 Å². The van der Waals surface area contributed by atoms with Gasteiger partial charge in [-0.2, -0.15) is 0 Å². The summed E-state index contributed by atoms with van der Waals surface area (Å²) in [5.74, 6) is 3.32. The minimum atomic E-state index is -0.235. The Labute approximate surface area is 629 Å². The number of hydrogen-bond donors (Lipinski definition) is 2. The number of nitrogens with one attached hydrogen (secondary N) is 1. The third kappa shape index (κ3) is 27.3. The van der Waals surface area contributed by atoms with Gasteiger partial charge in [-0.1, -0.05) is 194 Å². The molecule has 6 fully saturated rings. The maximum Gasteiger partial charge on any atom is 0.282 e. The van der Waals surface area contributed by atoms with Crippen molar-refractivity contribution in [3.8, 4) is 0 Å². The van der Waals surface area contributed by atoms with Crippen molar-refractivity contribution in [2.24, 2.45) is 35.5 Å². The van der Waals surface area contributed by atoms with Crippen molar-refractivity contribution in [2.75, 3.05) is 42.3 Å². The van der Waals surface area contributed by atoms with Crippen LogP contribution in [0.2, 0.25) is 0 Å². The zero-order chi connectivity index (χ0) is 74.8. The molecule has 0 radical (unpaired) electrons. The molecule has 6 aromatic rings. The molecule has 12 heteroatoms. The zero-order valence-electron chi connectivity index (χ0n) is 65.6. The van der Waals surface area contributed by atoms with Gasteiger partial charge in [0.25, 0.3) is 12.3 Å². The average Bonchev–Trinajstić information content (AvgIpc) is 1.68. The first-order valence-electron chi connectivity index (χ1n) is 39.6. The van der Waals surface area contributed by atoms with Gasteiger partial charge in [0.1, 0.15) is 12.5 Å². The van der Waals surface area contributed by atoms with Crippen LogP contribution in [-0.4, -0.2) is 145 Å². The summed E-state index contributed by atoms with van der Waals surface area (Å²) < 4.78 is 5.64. The number of amides is 2. The molecule has 0 spiro atoms. The maximum atomic E-state index is 11.9. The molecule has 16 atom stereocenters. The second-order valence-corrected chi connectivity index (χ2v) is 31.2. The largest absolute Gasteiger partial charge is 0.378 e. The third-order valence-electron chi connectivity index (χ3n) is 23.5. The molecule has 6 heterocycles. The van der Waals surface area contributed by atoms with Crippen LogP contribution in [0.3, 0.4) is 0 Å². The highest BCUT2D eigenvalue weighted by atomic mass is 16.5. The van der Waals surface area contributed by atoms with Gasteiger partial charge in [0, 0.05) is 75.2 Å². The first kappa shape index (κ1) is 84.0. The van der Waals surface area contributed by atoms with Crippen LogP contribution in [0.15, 0.2) is 188 Å². The van der Waals surface area contributed by atoms with Gasteiger partial charge >= 0.3 is 0 Å². The number of hydrogen-bond acceptors (Lipinski definition) is 8. The van der Waals surface area contributed by atoms with Crippen molar-refractivity contribution in [3.05, 3.63) is 244 Å². The Bertz CT molecular complexity index is 3440. The highest BCUT2D eigenvalue weighted by Gasteiger charge is 2.42. The summed E-state index contributed by atoms with van der Waals surface area (Å²) in [5, 5.41) is 13.4. The van der Waals surface area contributed by atoms with E-state index in [0.29, 0.717) is 72.1 Å². The fraction of sp³-hybridized carbons (Fsp3) is 0.543. The number of ether oxygens (including phenoxy) is 1. The van der Waals surface area contributed by atoms with Crippen LogP contribution in [-0.2, 0) is 46.4 Å². The summed E-state index contributed by atoms with van der Waals surface area (Å²) >= 11 is 0. The molecule has 0 saturated carbocycles. The van der Waals surface area contributed by atoms with Crippen LogP contribution in [0, 0.1) is 48.7 Å². The number of aryl methyl sites for hydroxylation is 5. The van der Waals surface area contributed by atoms with Crippen molar-refractivity contribution in [2.45, 2.75) is 244 Å². The Balaban J connectivity index is 0.000000175. The smallest absolute Gasteiger partial charge is 0.282 e. The molecular weight excluding hydrogens is 1280 g/mol. The fourth-order valence-corrected chi connectivity index (χ4v) is 16.6. The topological polar surface area (TPSA) is 101 Å². The van der Waals surface area contributed by atoms with E-state index in [1.807, 2.05) is 62.3 Å². The summed E-state index contributed by atoms with van der Waals surface area (Å²) in [7, 11) is 11.9. The molecule has 6 aliphatic rings. The molecular formula is C92H130N8O4. The van der Waals surface area contributed by atoms with Crippen LogP contribution < -0.4 is 5.32 Å². The summed E-state index contributed by atoms with van der Waals surface area (Å²) in [6.07, 6.45) is 29.4. The minimum Gasteiger partial charge on any atom is -0.378 e. The summed E-state index contributed by atoms with van der Waals surface area (Å²) in [5.41, 5.74) is 8.24. The van der Waals surface area contributed by atoms with E-state index in [1.165, 1.54) is 97.6 Å². The van der Waals surface area contributed by atoms with Crippen molar-refractivity contribution in [3.63, 3.8) is 0 Å². The predicted molar refractivity (Wildman–Crippen MR) is 432 cm³/mol. The molecule has 562 valence electrons. The number of carbonyl (C=O) groups is 2. The van der Waals surface area contributed by atoms with Gasteiger partial charge in [0.05, 0.1) is 11.8 Å². The maximum absolute atomic E-state index is 11.9. The van der Waals surface area contributed by atoms with Gasteiger partial charge in [-0.15, -0.1) is 0 Å². The van der Waals surface area contributed by atoms with Crippen LogP contribution in [0.4, 0.5) is 0 Å². The van der Waals surface area contributed by atoms with E-state index >= 15 is 0 Å². The molecule has 6 saturated heterocycles. The van der Waals surface area contributed by atoms with Crippen molar-refractivity contribution in [1.82, 2.24) is 29.8 Å². The highest BCUT2D eigenvalue weighted by molar-refractivity contribution is 5.81. The van der Waals surface area contributed by atoms with Gasteiger partial charge in [0.2, 0.25) is 11.8 Å². The zero-order valence-corrected chi connectivity index (χ0v) is 65.6. The Morgan fingerprint density at radius 1 is 0.433 bits per heavy atom. The number of nitrogens with zero attached hydrogens (tertiary/aromatic N) is 7.